The van der Waals surface area contributed by atoms with Gasteiger partial charge in [-0.05, 0) is 29.8 Å². The highest BCUT2D eigenvalue weighted by Gasteiger charge is 2.20. The van der Waals surface area contributed by atoms with Gasteiger partial charge in [0.15, 0.2) is 5.82 Å². The third-order valence-corrected chi connectivity index (χ3v) is 4.78. The fourth-order valence-corrected chi connectivity index (χ4v) is 3.18. The lowest BCUT2D eigenvalue weighted by molar-refractivity contribution is 0.420. The van der Waals surface area contributed by atoms with E-state index >= 15 is 0 Å². The number of aromatic hydroxyl groups is 1. The molecule has 0 aliphatic carbocycles. The van der Waals surface area contributed by atoms with Crippen molar-refractivity contribution in [3.63, 3.8) is 0 Å². The molecule has 3 aromatic rings. The molecule has 0 saturated heterocycles. The number of aromatic amines is 1. The lowest BCUT2D eigenvalue weighted by Crippen LogP contribution is -2.17. The molecule has 1 aromatic heterocycles. The van der Waals surface area contributed by atoms with Gasteiger partial charge < -0.3 is 10.1 Å². The van der Waals surface area contributed by atoms with Crippen LogP contribution in [0.4, 0.5) is 14.5 Å². The number of halogens is 3. The second-order valence-corrected chi connectivity index (χ2v) is 6.70. The maximum atomic E-state index is 14.1. The van der Waals surface area contributed by atoms with Crippen LogP contribution < -0.4 is 5.69 Å². The number of fused-ring (bicyclic) bond motifs is 1. The molecule has 0 spiro atoms. The maximum Gasteiger partial charge on any atom is 0.329 e. The van der Waals surface area contributed by atoms with Crippen molar-refractivity contribution in [2.75, 3.05) is 0 Å². The first kappa shape index (κ1) is 18.7. The van der Waals surface area contributed by atoms with E-state index in [-0.39, 0.29) is 34.4 Å². The van der Waals surface area contributed by atoms with Gasteiger partial charge in [0.05, 0.1) is 17.1 Å². The summed E-state index contributed by atoms with van der Waals surface area (Å²) in [5.41, 5.74) is 0.777. The van der Waals surface area contributed by atoms with E-state index in [2.05, 4.69) is 9.98 Å². The van der Waals surface area contributed by atoms with Crippen molar-refractivity contribution in [1.29, 1.82) is 5.26 Å². The number of benzene rings is 2. The molecule has 0 atom stereocenters. The molecule has 0 amide bonds. The fourth-order valence-electron chi connectivity index (χ4n) is 3.03. The lowest BCUT2D eigenvalue weighted by atomic mass is 10.1. The van der Waals surface area contributed by atoms with Crippen molar-refractivity contribution < 1.29 is 13.9 Å². The Morgan fingerprint density at radius 1 is 1.31 bits per heavy atom. The summed E-state index contributed by atoms with van der Waals surface area (Å²) in [5.74, 6) is -1.74. The SMILES string of the molecule is N#Cc1ccc(Cn2c(O)c(/C=C3\C=Nc4c3ccc(Cl)c4F)[nH]c2=O)cc1F. The summed E-state index contributed by atoms with van der Waals surface area (Å²) in [4.78, 5) is 18.7. The number of aromatic nitrogens is 2. The number of hydrogen-bond donors (Lipinski definition) is 2. The molecular formula is C20H11ClF2N4O2. The van der Waals surface area contributed by atoms with E-state index in [1.165, 1.54) is 30.5 Å². The predicted octanol–water partition coefficient (Wildman–Crippen LogP) is 3.99. The largest absolute Gasteiger partial charge is 0.493 e. The highest BCUT2D eigenvalue weighted by molar-refractivity contribution is 6.31. The Bertz CT molecular complexity index is 1320. The van der Waals surface area contributed by atoms with Crippen LogP contribution in [0.15, 0.2) is 40.1 Å². The summed E-state index contributed by atoms with van der Waals surface area (Å²) in [6.07, 6.45) is 2.85. The van der Waals surface area contributed by atoms with Crippen LogP contribution in [0.25, 0.3) is 11.6 Å². The van der Waals surface area contributed by atoms with Gasteiger partial charge in [-0.2, -0.15) is 5.26 Å². The Kier molecular flexibility index (Phi) is 4.53. The van der Waals surface area contributed by atoms with Crippen molar-refractivity contribution in [3.05, 3.63) is 79.9 Å². The van der Waals surface area contributed by atoms with Gasteiger partial charge in [0.25, 0.3) is 0 Å². The maximum absolute atomic E-state index is 14.1. The minimum atomic E-state index is -0.713. The van der Waals surface area contributed by atoms with Crippen LogP contribution in [0.1, 0.15) is 22.4 Å². The molecule has 1 aliphatic heterocycles. The molecule has 0 bridgehead atoms. The summed E-state index contributed by atoms with van der Waals surface area (Å²) < 4.78 is 28.9. The molecule has 144 valence electrons. The van der Waals surface area contributed by atoms with Crippen molar-refractivity contribution >= 4 is 35.2 Å². The summed E-state index contributed by atoms with van der Waals surface area (Å²) in [6.45, 7) is -0.109. The molecule has 0 radical (unpaired) electrons. The number of aliphatic imine (C=N–C) groups is 1. The van der Waals surface area contributed by atoms with Crippen molar-refractivity contribution in [2.45, 2.75) is 6.54 Å². The monoisotopic (exact) mass is 412 g/mol. The van der Waals surface area contributed by atoms with E-state index in [9.17, 15) is 18.7 Å². The molecule has 0 saturated carbocycles. The minimum absolute atomic E-state index is 0.0563. The number of rotatable bonds is 3. The molecule has 2 N–H and O–H groups in total. The number of nitriles is 1. The Balaban J connectivity index is 1.70. The van der Waals surface area contributed by atoms with E-state index in [4.69, 9.17) is 16.9 Å². The highest BCUT2D eigenvalue weighted by atomic mass is 35.5. The number of nitrogens with zero attached hydrogens (tertiary/aromatic N) is 3. The average Bonchev–Trinajstić information content (AvgIpc) is 3.22. The minimum Gasteiger partial charge on any atom is -0.493 e. The van der Waals surface area contributed by atoms with Crippen molar-refractivity contribution in [1.82, 2.24) is 9.55 Å². The van der Waals surface area contributed by atoms with Gasteiger partial charge in [-0.1, -0.05) is 23.7 Å². The zero-order chi connectivity index (χ0) is 20.7. The Labute approximate surface area is 167 Å². The van der Waals surface area contributed by atoms with Crippen molar-refractivity contribution in [2.24, 2.45) is 4.99 Å². The van der Waals surface area contributed by atoms with Gasteiger partial charge in [-0.15, -0.1) is 0 Å². The van der Waals surface area contributed by atoms with Gasteiger partial charge in [-0.3, -0.25) is 9.56 Å². The van der Waals surface area contributed by atoms with E-state index < -0.39 is 17.3 Å². The summed E-state index contributed by atoms with van der Waals surface area (Å²) in [5, 5.41) is 19.2. The second kappa shape index (κ2) is 7.04. The van der Waals surface area contributed by atoms with Crippen molar-refractivity contribution in [3.8, 4) is 11.9 Å². The molecule has 0 fully saturated rings. The van der Waals surface area contributed by atoms with Crippen LogP contribution in [-0.2, 0) is 6.54 Å². The van der Waals surface area contributed by atoms with E-state index in [1.54, 1.807) is 12.1 Å². The van der Waals surface area contributed by atoms with Crippen LogP contribution >= 0.6 is 11.6 Å². The van der Waals surface area contributed by atoms with E-state index in [1.807, 2.05) is 0 Å². The average molecular weight is 413 g/mol. The molecule has 1 aliphatic rings. The molecule has 29 heavy (non-hydrogen) atoms. The smallest absolute Gasteiger partial charge is 0.329 e. The molecule has 2 heterocycles. The zero-order valence-corrected chi connectivity index (χ0v) is 15.3. The number of nitrogens with one attached hydrogen (secondary N) is 1. The summed E-state index contributed by atoms with van der Waals surface area (Å²) in [7, 11) is 0. The number of allylic oxidation sites excluding steroid dienone is 1. The van der Waals surface area contributed by atoms with E-state index in [0.29, 0.717) is 16.7 Å². The quantitative estimate of drug-likeness (QED) is 0.681. The highest BCUT2D eigenvalue weighted by Crippen LogP contribution is 2.38. The third kappa shape index (κ3) is 3.22. The predicted molar refractivity (Wildman–Crippen MR) is 104 cm³/mol. The van der Waals surface area contributed by atoms with Crippen LogP contribution in [0.3, 0.4) is 0 Å². The first-order valence-electron chi connectivity index (χ1n) is 8.33. The van der Waals surface area contributed by atoms with Crippen LogP contribution in [0.5, 0.6) is 5.88 Å². The number of imidazole rings is 1. The number of H-pyrrole nitrogens is 1. The Morgan fingerprint density at radius 3 is 2.83 bits per heavy atom. The van der Waals surface area contributed by atoms with Gasteiger partial charge in [0, 0.05) is 17.4 Å². The molecular weight excluding hydrogens is 402 g/mol. The lowest BCUT2D eigenvalue weighted by Gasteiger charge is -2.05. The topological polar surface area (TPSA) is 94.2 Å². The first-order valence-corrected chi connectivity index (χ1v) is 8.71. The summed E-state index contributed by atoms with van der Waals surface area (Å²) in [6, 6.07) is 8.62. The Hall–Kier alpha value is -3.70. The fraction of sp³-hybridized carbons (Fsp3) is 0.0500. The second-order valence-electron chi connectivity index (χ2n) is 6.29. The number of hydrogen-bond acceptors (Lipinski definition) is 4. The van der Waals surface area contributed by atoms with Crippen LogP contribution in [-0.4, -0.2) is 20.9 Å². The zero-order valence-electron chi connectivity index (χ0n) is 14.6. The third-order valence-electron chi connectivity index (χ3n) is 4.49. The summed E-state index contributed by atoms with van der Waals surface area (Å²) >= 11 is 5.75. The van der Waals surface area contributed by atoms with Gasteiger partial charge in [0.1, 0.15) is 23.3 Å². The van der Waals surface area contributed by atoms with Crippen LogP contribution in [0.2, 0.25) is 5.02 Å². The van der Waals surface area contributed by atoms with Gasteiger partial charge in [-0.25, -0.2) is 13.6 Å². The standard InChI is InChI=1S/C20H11ClF2N4O2/c21-14-4-3-13-12(8-25-18(13)17(14)23)6-16-19(28)27(20(29)26-16)9-10-1-2-11(7-24)15(22)5-10/h1-6,8,28H,9H2,(H,26,29)/b12-6+. The van der Waals surface area contributed by atoms with Gasteiger partial charge >= 0.3 is 5.69 Å². The van der Waals surface area contributed by atoms with E-state index in [0.717, 1.165) is 10.6 Å². The molecule has 0 unspecified atom stereocenters. The van der Waals surface area contributed by atoms with Gasteiger partial charge in [0.2, 0.25) is 5.88 Å². The molecule has 9 heteroatoms. The normalized spacial score (nSPS) is 13.7. The first-order chi connectivity index (χ1) is 13.9. The molecule has 6 nitrogen and oxygen atoms in total. The Morgan fingerprint density at radius 2 is 2.10 bits per heavy atom. The molecule has 4 rings (SSSR count). The van der Waals surface area contributed by atoms with Crippen LogP contribution in [0, 0.1) is 23.0 Å². The molecule has 2 aromatic carbocycles.